The summed E-state index contributed by atoms with van der Waals surface area (Å²) in [5, 5.41) is 6.61. The molecule has 2 fully saturated rings. The lowest BCUT2D eigenvalue weighted by Crippen LogP contribution is -2.66. The second-order valence-corrected chi connectivity index (χ2v) is 10.2. The quantitative estimate of drug-likeness (QED) is 0.506. The molecule has 186 valence electrons. The van der Waals surface area contributed by atoms with Gasteiger partial charge in [0.05, 0.1) is 18.6 Å². The van der Waals surface area contributed by atoms with Crippen molar-refractivity contribution in [2.45, 2.75) is 70.9 Å². The molecule has 4 amide bonds. The minimum atomic E-state index is -0.916. The lowest BCUT2D eigenvalue weighted by molar-refractivity contribution is -0.762. The molecule has 4 rings (SSSR count). The Bertz CT molecular complexity index is 1120. The summed E-state index contributed by atoms with van der Waals surface area (Å²) >= 11 is 0. The number of imide groups is 1. The highest BCUT2D eigenvalue weighted by Gasteiger charge is 2.53. The van der Waals surface area contributed by atoms with Crippen molar-refractivity contribution < 1.29 is 23.7 Å². The van der Waals surface area contributed by atoms with Crippen molar-refractivity contribution >= 4 is 34.5 Å². The first-order chi connectivity index (χ1) is 16.8. The maximum absolute atomic E-state index is 13.9. The van der Waals surface area contributed by atoms with Gasteiger partial charge in [0.15, 0.2) is 0 Å². The number of carbonyl (C=O) groups is 4. The first-order valence-corrected chi connectivity index (χ1v) is 12.8. The van der Waals surface area contributed by atoms with Gasteiger partial charge in [-0.3, -0.25) is 9.59 Å². The van der Waals surface area contributed by atoms with Crippen molar-refractivity contribution in [2.75, 3.05) is 13.1 Å². The van der Waals surface area contributed by atoms with E-state index in [1.165, 1.54) is 0 Å². The molecule has 0 bridgehead atoms. The molecule has 1 saturated carbocycles. The number of likely N-dealkylation sites (tertiary alicyclic amines) is 1. The fourth-order valence-corrected chi connectivity index (χ4v) is 5.27. The van der Waals surface area contributed by atoms with Crippen molar-refractivity contribution in [3.63, 3.8) is 0 Å². The van der Waals surface area contributed by atoms with Crippen molar-refractivity contribution in [3.8, 4) is 0 Å². The number of nitrogens with one attached hydrogen (secondary N) is 2. The van der Waals surface area contributed by atoms with Crippen molar-refractivity contribution in [3.05, 3.63) is 42.1 Å². The van der Waals surface area contributed by atoms with Crippen LogP contribution in [0.25, 0.3) is 10.9 Å². The summed E-state index contributed by atoms with van der Waals surface area (Å²) in [7, 11) is 0. The van der Waals surface area contributed by atoms with Crippen LogP contribution in [0.3, 0.4) is 0 Å². The summed E-state index contributed by atoms with van der Waals surface area (Å²) in [5.74, 6) is -2.55. The number of nitrogens with zero attached hydrogens (tertiary/aromatic N) is 2. The number of benzene rings is 1. The predicted molar refractivity (Wildman–Crippen MR) is 132 cm³/mol. The molecule has 1 aromatic carbocycles. The molecule has 1 aromatic heterocycles. The summed E-state index contributed by atoms with van der Waals surface area (Å²) in [5.41, 5.74) is 0.890. The van der Waals surface area contributed by atoms with Gasteiger partial charge in [-0.1, -0.05) is 57.4 Å². The van der Waals surface area contributed by atoms with Crippen molar-refractivity contribution in [1.29, 1.82) is 0 Å². The average molecular weight is 480 g/mol. The van der Waals surface area contributed by atoms with E-state index in [4.69, 9.17) is 0 Å². The molecular formula is C27H35N4O4+. The predicted octanol–water partition coefficient (Wildman–Crippen LogP) is 3.10. The van der Waals surface area contributed by atoms with Gasteiger partial charge in [-0.15, -0.1) is 0 Å². The Morgan fingerprint density at radius 1 is 0.914 bits per heavy atom. The second-order valence-electron chi connectivity index (χ2n) is 10.2. The van der Waals surface area contributed by atoms with E-state index >= 15 is 0 Å². The minimum absolute atomic E-state index is 0.0162. The van der Waals surface area contributed by atoms with Crippen LogP contribution in [0.1, 0.15) is 69.3 Å². The van der Waals surface area contributed by atoms with Gasteiger partial charge in [0.1, 0.15) is 11.7 Å². The average Bonchev–Trinajstić information content (AvgIpc) is 3.37. The Labute approximate surface area is 206 Å². The fraction of sp³-hybridized carbons (Fsp3) is 0.519. The molecule has 1 aliphatic carbocycles. The molecular weight excluding hydrogens is 444 g/mol. The van der Waals surface area contributed by atoms with Crippen LogP contribution in [0.2, 0.25) is 0 Å². The van der Waals surface area contributed by atoms with E-state index in [0.29, 0.717) is 18.4 Å². The van der Waals surface area contributed by atoms with Crippen LogP contribution in [-0.4, -0.2) is 58.3 Å². The van der Waals surface area contributed by atoms with E-state index in [2.05, 4.69) is 15.6 Å². The second kappa shape index (κ2) is 10.6. The molecule has 1 unspecified atom stereocenters. The topological polar surface area (TPSA) is 105 Å². The Balaban J connectivity index is 1.53. The fourth-order valence-electron chi connectivity index (χ4n) is 5.27. The number of quaternary nitrogens is 1. The third-order valence-electron chi connectivity index (χ3n) is 7.33. The molecule has 1 atom stereocenters. The van der Waals surface area contributed by atoms with E-state index in [0.717, 1.165) is 37.5 Å². The van der Waals surface area contributed by atoms with Crippen LogP contribution < -0.4 is 10.6 Å². The number of rotatable bonds is 5. The Morgan fingerprint density at radius 2 is 1.60 bits per heavy atom. The Kier molecular flexibility index (Phi) is 7.60. The molecule has 8 nitrogen and oxygen atoms in total. The molecule has 2 aliphatic rings. The molecule has 0 radical (unpaired) electrons. The Hall–Kier alpha value is -3.13. The zero-order chi connectivity index (χ0) is 25.0. The molecule has 2 aromatic rings. The number of para-hydroxylation sites is 1. The first kappa shape index (κ1) is 25.0. The van der Waals surface area contributed by atoms with Crippen LogP contribution in [-0.2, 0) is 14.4 Å². The number of fused-ring (bicyclic) bond motifs is 1. The van der Waals surface area contributed by atoms with Gasteiger partial charge in [0, 0.05) is 24.3 Å². The van der Waals surface area contributed by atoms with E-state index in [-0.39, 0.29) is 30.7 Å². The SMILES string of the molecule is CC(C)C(NC(=O)c1ccc2ccccc2n1)C(=O)[N+]1(C(=O)C(=O)NC2CCCCC2)CCCC1. The molecule has 2 heterocycles. The van der Waals surface area contributed by atoms with E-state index in [1.807, 2.05) is 44.2 Å². The highest BCUT2D eigenvalue weighted by Crippen LogP contribution is 2.25. The Morgan fingerprint density at radius 3 is 2.29 bits per heavy atom. The summed E-state index contributed by atoms with van der Waals surface area (Å²) in [4.78, 5) is 57.8. The van der Waals surface area contributed by atoms with Gasteiger partial charge in [0.25, 0.3) is 5.91 Å². The zero-order valence-electron chi connectivity index (χ0n) is 20.6. The summed E-state index contributed by atoms with van der Waals surface area (Å²) in [6, 6.07) is 10.00. The van der Waals surface area contributed by atoms with Gasteiger partial charge in [-0.05, 0) is 30.9 Å². The van der Waals surface area contributed by atoms with Crippen LogP contribution in [0, 0.1) is 5.92 Å². The van der Waals surface area contributed by atoms with Crippen molar-refractivity contribution in [1.82, 2.24) is 15.6 Å². The van der Waals surface area contributed by atoms with Crippen LogP contribution in [0.4, 0.5) is 0 Å². The molecule has 8 heteroatoms. The lowest BCUT2D eigenvalue weighted by Gasteiger charge is -2.33. The van der Waals surface area contributed by atoms with Gasteiger partial charge in [-0.2, -0.15) is 4.48 Å². The molecule has 2 N–H and O–H groups in total. The van der Waals surface area contributed by atoms with Crippen molar-refractivity contribution in [2.24, 2.45) is 5.92 Å². The third-order valence-corrected chi connectivity index (χ3v) is 7.33. The largest absolute Gasteiger partial charge is 0.411 e. The first-order valence-electron chi connectivity index (χ1n) is 12.8. The monoisotopic (exact) mass is 479 g/mol. The number of aromatic nitrogens is 1. The zero-order valence-corrected chi connectivity index (χ0v) is 20.6. The number of hydrogen-bond acceptors (Lipinski definition) is 5. The lowest BCUT2D eigenvalue weighted by atomic mass is 9.95. The maximum Gasteiger partial charge on any atom is 0.411 e. The summed E-state index contributed by atoms with van der Waals surface area (Å²) in [6.07, 6.45) is 6.27. The normalized spacial score (nSPS) is 18.8. The molecule has 1 saturated heterocycles. The van der Waals surface area contributed by atoms with Crippen LogP contribution >= 0.6 is 0 Å². The van der Waals surface area contributed by atoms with E-state index < -0.39 is 34.2 Å². The summed E-state index contributed by atoms with van der Waals surface area (Å²) in [6.45, 7) is 4.22. The van der Waals surface area contributed by atoms with Gasteiger partial charge < -0.3 is 10.6 Å². The minimum Gasteiger partial charge on any atom is -0.342 e. The van der Waals surface area contributed by atoms with Gasteiger partial charge in [-0.25, -0.2) is 14.6 Å². The van der Waals surface area contributed by atoms with Gasteiger partial charge in [0.2, 0.25) is 0 Å². The van der Waals surface area contributed by atoms with Gasteiger partial charge >= 0.3 is 17.7 Å². The highest BCUT2D eigenvalue weighted by molar-refractivity contribution is 6.33. The maximum atomic E-state index is 13.9. The molecule has 0 spiro atoms. The van der Waals surface area contributed by atoms with Crippen LogP contribution in [0.15, 0.2) is 36.4 Å². The standard InChI is InChI=1S/C27H34N4O4/c1-18(2)23(30-24(32)22-15-14-19-10-6-7-13-21(19)29-22)26(34)31(16-8-9-17-31)27(35)25(33)28-20-11-4-3-5-12-20/h6-7,10,13-15,18,20,23H,3-5,8-9,11-12,16-17H2,1-2H3,(H-,28,30,32,33)/p+1. The van der Waals surface area contributed by atoms with Crippen LogP contribution in [0.5, 0.6) is 0 Å². The highest BCUT2D eigenvalue weighted by atomic mass is 16.2. The molecule has 1 aliphatic heterocycles. The number of amides is 4. The smallest absolute Gasteiger partial charge is 0.342 e. The number of pyridine rings is 1. The number of hydrogen-bond donors (Lipinski definition) is 2. The molecule has 35 heavy (non-hydrogen) atoms. The number of carbonyl (C=O) groups excluding carboxylic acids is 4. The summed E-state index contributed by atoms with van der Waals surface area (Å²) < 4.78 is -0.535. The van der Waals surface area contributed by atoms with E-state index in [9.17, 15) is 19.2 Å². The third kappa shape index (κ3) is 5.27. The van der Waals surface area contributed by atoms with E-state index in [1.54, 1.807) is 6.07 Å².